The minimum atomic E-state index is -0.501. The van der Waals surface area contributed by atoms with Gasteiger partial charge >= 0.3 is 0 Å². The summed E-state index contributed by atoms with van der Waals surface area (Å²) in [7, 11) is 0. The van der Waals surface area contributed by atoms with Crippen LogP contribution in [0.4, 0.5) is 4.39 Å². The Kier molecular flexibility index (Phi) is 3.95. The fourth-order valence-electron chi connectivity index (χ4n) is 1.77. The lowest BCUT2D eigenvalue weighted by Crippen LogP contribution is -2.37. The van der Waals surface area contributed by atoms with Crippen LogP contribution in [0.25, 0.3) is 10.1 Å². The lowest BCUT2D eigenvalue weighted by Gasteiger charge is -2.10. The highest BCUT2D eigenvalue weighted by atomic mass is 32.1. The zero-order valence-corrected chi connectivity index (χ0v) is 11.5. The van der Waals surface area contributed by atoms with Crippen LogP contribution in [0, 0.1) is 5.82 Å². The number of nitrogens with one attached hydrogen (secondary N) is 1. The highest BCUT2D eigenvalue weighted by molar-refractivity contribution is 7.20. The van der Waals surface area contributed by atoms with E-state index < -0.39 is 6.04 Å². The van der Waals surface area contributed by atoms with Crippen LogP contribution in [0.2, 0.25) is 0 Å². The van der Waals surface area contributed by atoms with Crippen LogP contribution in [-0.4, -0.2) is 17.7 Å². The number of halogens is 1. The van der Waals surface area contributed by atoms with Gasteiger partial charge in [-0.15, -0.1) is 11.3 Å². The van der Waals surface area contributed by atoms with Crippen molar-refractivity contribution >= 4 is 33.1 Å². The molecule has 1 aromatic carbocycles. The molecule has 0 saturated heterocycles. The minimum Gasteiger partial charge on any atom is -0.342 e. The Labute approximate surface area is 114 Å². The molecule has 0 aliphatic carbocycles. The van der Waals surface area contributed by atoms with Gasteiger partial charge in [0.15, 0.2) is 5.78 Å². The standard InChI is InChI=1S/C14H14FNO2S/c1-3-11(17)8(2)16-14(18)13-6-9-4-5-10(15)7-12(9)19-13/h4-8H,3H2,1-2H3,(H,16,18). The van der Waals surface area contributed by atoms with Crippen molar-refractivity contribution in [3.05, 3.63) is 35.0 Å². The molecule has 1 heterocycles. The van der Waals surface area contributed by atoms with Gasteiger partial charge in [-0.05, 0) is 30.5 Å². The zero-order chi connectivity index (χ0) is 14.0. The highest BCUT2D eigenvalue weighted by Crippen LogP contribution is 2.26. The van der Waals surface area contributed by atoms with Gasteiger partial charge in [0.25, 0.3) is 5.91 Å². The molecule has 0 aliphatic rings. The molecule has 1 N–H and O–H groups in total. The normalized spacial score (nSPS) is 12.4. The summed E-state index contributed by atoms with van der Waals surface area (Å²) in [5.74, 6) is -0.632. The van der Waals surface area contributed by atoms with Crippen molar-refractivity contribution in [3.63, 3.8) is 0 Å². The second-order valence-electron chi connectivity index (χ2n) is 4.31. The van der Waals surface area contributed by atoms with Crippen molar-refractivity contribution in [3.8, 4) is 0 Å². The summed E-state index contributed by atoms with van der Waals surface area (Å²) in [6.07, 6.45) is 0.388. The van der Waals surface area contributed by atoms with Crippen molar-refractivity contribution in [2.45, 2.75) is 26.3 Å². The first kappa shape index (κ1) is 13.7. The van der Waals surface area contributed by atoms with Crippen LogP contribution in [-0.2, 0) is 4.79 Å². The van der Waals surface area contributed by atoms with Crippen molar-refractivity contribution in [2.75, 3.05) is 0 Å². The van der Waals surface area contributed by atoms with Crippen LogP contribution in [0.15, 0.2) is 24.3 Å². The Balaban J connectivity index is 2.20. The number of hydrogen-bond donors (Lipinski definition) is 1. The molecule has 5 heteroatoms. The summed E-state index contributed by atoms with van der Waals surface area (Å²) in [6.45, 7) is 3.42. The molecule has 1 atom stereocenters. The highest BCUT2D eigenvalue weighted by Gasteiger charge is 2.16. The molecular formula is C14H14FNO2S. The fourth-order valence-corrected chi connectivity index (χ4v) is 2.76. The zero-order valence-electron chi connectivity index (χ0n) is 10.7. The lowest BCUT2D eigenvalue weighted by atomic mass is 10.1. The van der Waals surface area contributed by atoms with E-state index in [4.69, 9.17) is 0 Å². The molecule has 0 radical (unpaired) electrons. The third-order valence-corrected chi connectivity index (χ3v) is 3.98. The number of carbonyl (C=O) groups excluding carboxylic acids is 2. The maximum absolute atomic E-state index is 13.1. The summed E-state index contributed by atoms with van der Waals surface area (Å²) in [5, 5.41) is 3.48. The topological polar surface area (TPSA) is 46.2 Å². The van der Waals surface area contributed by atoms with Crippen molar-refractivity contribution in [1.82, 2.24) is 5.32 Å². The molecule has 100 valence electrons. The fraction of sp³-hybridized carbons (Fsp3) is 0.286. The third kappa shape index (κ3) is 2.98. The average molecular weight is 279 g/mol. The van der Waals surface area contributed by atoms with Crippen molar-refractivity contribution < 1.29 is 14.0 Å². The number of rotatable bonds is 4. The van der Waals surface area contributed by atoms with E-state index in [0.29, 0.717) is 11.3 Å². The molecule has 0 spiro atoms. The maximum atomic E-state index is 13.1. The number of benzene rings is 1. The number of thiophene rings is 1. The molecule has 1 amide bonds. The summed E-state index contributed by atoms with van der Waals surface area (Å²) in [6, 6.07) is 5.60. The number of amides is 1. The SMILES string of the molecule is CCC(=O)C(C)NC(=O)c1cc2ccc(F)cc2s1. The van der Waals surface area contributed by atoms with Crippen LogP contribution < -0.4 is 5.32 Å². The van der Waals surface area contributed by atoms with E-state index in [9.17, 15) is 14.0 Å². The Morgan fingerprint density at radius 1 is 1.37 bits per heavy atom. The molecule has 2 aromatic rings. The van der Waals surface area contributed by atoms with E-state index in [1.807, 2.05) is 0 Å². The molecular weight excluding hydrogens is 265 g/mol. The maximum Gasteiger partial charge on any atom is 0.261 e. The lowest BCUT2D eigenvalue weighted by molar-refractivity contribution is -0.120. The summed E-state index contributed by atoms with van der Waals surface area (Å²) in [4.78, 5) is 23.9. The molecule has 2 rings (SSSR count). The molecule has 0 saturated carbocycles. The summed E-state index contributed by atoms with van der Waals surface area (Å²) in [5.41, 5.74) is 0. The van der Waals surface area contributed by atoms with Gasteiger partial charge in [0, 0.05) is 11.1 Å². The number of ketones is 1. The van der Waals surface area contributed by atoms with E-state index in [-0.39, 0.29) is 17.5 Å². The number of fused-ring (bicyclic) bond motifs is 1. The molecule has 19 heavy (non-hydrogen) atoms. The number of Topliss-reactive ketones (excluding diaryl/α,β-unsaturated/α-hetero) is 1. The monoisotopic (exact) mass is 279 g/mol. The molecule has 1 unspecified atom stereocenters. The first-order chi connectivity index (χ1) is 9.01. The predicted molar refractivity (Wildman–Crippen MR) is 74.0 cm³/mol. The van der Waals surface area contributed by atoms with Crippen LogP contribution >= 0.6 is 11.3 Å². The molecule has 1 aromatic heterocycles. The number of hydrogen-bond acceptors (Lipinski definition) is 3. The Morgan fingerprint density at radius 3 is 2.79 bits per heavy atom. The Morgan fingerprint density at radius 2 is 2.11 bits per heavy atom. The van der Waals surface area contributed by atoms with Crippen LogP contribution in [0.1, 0.15) is 29.9 Å². The van der Waals surface area contributed by atoms with E-state index in [1.165, 1.54) is 23.5 Å². The van der Waals surface area contributed by atoms with E-state index in [2.05, 4.69) is 5.32 Å². The van der Waals surface area contributed by atoms with Gasteiger partial charge in [0.1, 0.15) is 5.82 Å². The quantitative estimate of drug-likeness (QED) is 0.934. The van der Waals surface area contributed by atoms with Gasteiger partial charge in [-0.2, -0.15) is 0 Å². The van der Waals surface area contributed by atoms with Gasteiger partial charge in [0.2, 0.25) is 0 Å². The Hall–Kier alpha value is -1.75. The average Bonchev–Trinajstić information content (AvgIpc) is 2.80. The smallest absolute Gasteiger partial charge is 0.261 e. The minimum absolute atomic E-state index is 0.0134. The first-order valence-electron chi connectivity index (χ1n) is 6.04. The van der Waals surface area contributed by atoms with Gasteiger partial charge < -0.3 is 5.32 Å². The molecule has 0 aliphatic heterocycles. The second kappa shape index (κ2) is 5.48. The summed E-state index contributed by atoms with van der Waals surface area (Å²) < 4.78 is 13.8. The second-order valence-corrected chi connectivity index (χ2v) is 5.39. The van der Waals surface area contributed by atoms with Gasteiger partial charge in [-0.25, -0.2) is 4.39 Å². The molecule has 0 fully saturated rings. The van der Waals surface area contributed by atoms with E-state index in [1.54, 1.807) is 26.0 Å². The molecule has 0 bridgehead atoms. The van der Waals surface area contributed by atoms with Crippen LogP contribution in [0.3, 0.4) is 0 Å². The first-order valence-corrected chi connectivity index (χ1v) is 6.85. The Bertz CT molecular complexity index is 635. The predicted octanol–water partition coefficient (Wildman–Crippen LogP) is 3.14. The van der Waals surface area contributed by atoms with Crippen molar-refractivity contribution in [1.29, 1.82) is 0 Å². The van der Waals surface area contributed by atoms with Gasteiger partial charge in [0.05, 0.1) is 10.9 Å². The third-order valence-electron chi connectivity index (χ3n) is 2.88. The summed E-state index contributed by atoms with van der Waals surface area (Å²) >= 11 is 1.22. The van der Waals surface area contributed by atoms with Crippen LogP contribution in [0.5, 0.6) is 0 Å². The number of carbonyl (C=O) groups is 2. The van der Waals surface area contributed by atoms with E-state index in [0.717, 1.165) is 10.1 Å². The van der Waals surface area contributed by atoms with Gasteiger partial charge in [-0.1, -0.05) is 13.0 Å². The van der Waals surface area contributed by atoms with E-state index >= 15 is 0 Å². The van der Waals surface area contributed by atoms with Crippen molar-refractivity contribution in [2.24, 2.45) is 0 Å². The largest absolute Gasteiger partial charge is 0.342 e. The molecule has 3 nitrogen and oxygen atoms in total. The van der Waals surface area contributed by atoms with Gasteiger partial charge in [-0.3, -0.25) is 9.59 Å².